The zero-order chi connectivity index (χ0) is 21.3. The van der Waals surface area contributed by atoms with E-state index in [1.54, 1.807) is 12.3 Å². The van der Waals surface area contributed by atoms with E-state index in [9.17, 15) is 5.11 Å². The van der Waals surface area contributed by atoms with Crippen LogP contribution in [0.3, 0.4) is 0 Å². The summed E-state index contributed by atoms with van der Waals surface area (Å²) >= 11 is 7.61. The number of aliphatic hydroxyl groups excluding tert-OH is 1. The fourth-order valence-electron chi connectivity index (χ4n) is 4.26. The van der Waals surface area contributed by atoms with Crippen molar-refractivity contribution in [3.8, 4) is 6.07 Å². The van der Waals surface area contributed by atoms with Crippen molar-refractivity contribution in [1.82, 2.24) is 15.0 Å². The van der Waals surface area contributed by atoms with Crippen LogP contribution in [0.15, 0.2) is 22.2 Å². The van der Waals surface area contributed by atoms with Gasteiger partial charge in [-0.15, -0.1) is 0 Å². The van der Waals surface area contributed by atoms with Crippen molar-refractivity contribution in [3.05, 3.63) is 34.4 Å². The van der Waals surface area contributed by atoms with Gasteiger partial charge in [-0.25, -0.2) is 15.0 Å². The molecule has 7 nitrogen and oxygen atoms in total. The van der Waals surface area contributed by atoms with E-state index in [2.05, 4.69) is 21.8 Å². The van der Waals surface area contributed by atoms with Crippen LogP contribution in [0.2, 0.25) is 5.02 Å². The van der Waals surface area contributed by atoms with Crippen LogP contribution in [0.4, 0.5) is 5.82 Å². The second-order valence-corrected chi connectivity index (χ2v) is 9.45. The van der Waals surface area contributed by atoms with Crippen LogP contribution in [-0.4, -0.2) is 45.9 Å². The zero-order valence-electron chi connectivity index (χ0n) is 17.1. The topological polar surface area (TPSA) is 95.2 Å². The quantitative estimate of drug-likeness (QED) is 0.760. The Kier molecular flexibility index (Phi) is 6.16. The summed E-state index contributed by atoms with van der Waals surface area (Å²) in [5, 5.41) is 20.1. The van der Waals surface area contributed by atoms with Crippen molar-refractivity contribution < 1.29 is 9.84 Å². The lowest BCUT2D eigenvalue weighted by atomic mass is 9.77. The van der Waals surface area contributed by atoms with Gasteiger partial charge >= 0.3 is 0 Å². The number of halogens is 1. The lowest BCUT2D eigenvalue weighted by Crippen LogP contribution is -2.41. The maximum absolute atomic E-state index is 9.97. The Morgan fingerprint density at radius 1 is 1.40 bits per heavy atom. The normalized spacial score (nSPS) is 20.5. The van der Waals surface area contributed by atoms with Crippen LogP contribution in [0.25, 0.3) is 0 Å². The molecule has 0 bridgehead atoms. The first-order valence-electron chi connectivity index (χ1n) is 10.0. The summed E-state index contributed by atoms with van der Waals surface area (Å²) in [5.74, 6) is 0.750. The number of nitriles is 1. The van der Waals surface area contributed by atoms with Gasteiger partial charge in [0, 0.05) is 24.2 Å². The molecule has 0 aromatic carbocycles. The number of nitrogens with zero attached hydrogens (tertiary/aromatic N) is 5. The summed E-state index contributed by atoms with van der Waals surface area (Å²) in [7, 11) is 0. The van der Waals surface area contributed by atoms with Gasteiger partial charge in [0.1, 0.15) is 16.8 Å². The minimum absolute atomic E-state index is 0.179. The van der Waals surface area contributed by atoms with Gasteiger partial charge in [0.25, 0.3) is 0 Å². The highest BCUT2D eigenvalue weighted by Crippen LogP contribution is 2.43. The molecule has 0 amide bonds. The van der Waals surface area contributed by atoms with E-state index in [1.807, 2.05) is 13.0 Å². The predicted octanol–water partition coefficient (Wildman–Crippen LogP) is 3.74. The Labute approximate surface area is 185 Å². The fourth-order valence-corrected chi connectivity index (χ4v) is 5.40. The molecule has 0 unspecified atom stereocenters. The lowest BCUT2D eigenvalue weighted by Gasteiger charge is -2.39. The van der Waals surface area contributed by atoms with E-state index in [0.717, 1.165) is 50.5 Å². The molecule has 1 N–H and O–H groups in total. The van der Waals surface area contributed by atoms with Crippen LogP contribution >= 0.6 is 23.4 Å². The van der Waals surface area contributed by atoms with Gasteiger partial charge in [0.05, 0.1) is 30.0 Å². The van der Waals surface area contributed by atoms with Gasteiger partial charge in [0.15, 0.2) is 11.5 Å². The number of pyridine rings is 1. The number of aromatic nitrogens is 3. The minimum atomic E-state index is -0.189. The first-order valence-corrected chi connectivity index (χ1v) is 11.2. The van der Waals surface area contributed by atoms with E-state index >= 15 is 0 Å². The number of hydrogen-bond donors (Lipinski definition) is 1. The second kappa shape index (κ2) is 8.67. The number of rotatable bonds is 4. The molecule has 2 fully saturated rings. The standard InChI is InChI=1S/C21H24ClN5O2S/c1-13-9-21(12-29-13)4-7-27(8-5-21)19-16(11-28)26-20(14(2)25-19)30-17-3-6-24-15(10-23)18(17)22/h3,6,13,28H,4-5,7-9,11-12H2,1-2H3/t13-/m0/s1. The number of aryl methyl sites for hydroxylation is 1. The molecule has 9 heteroatoms. The first-order chi connectivity index (χ1) is 14.4. The Balaban J connectivity index is 1.56. The summed E-state index contributed by atoms with van der Waals surface area (Å²) in [6.07, 6.45) is 5.12. The van der Waals surface area contributed by atoms with Crippen molar-refractivity contribution in [2.45, 2.75) is 55.7 Å². The molecule has 4 rings (SSSR count). The molecule has 1 atom stereocenters. The smallest absolute Gasteiger partial charge is 0.160 e. The number of ether oxygens (including phenoxy) is 1. The van der Waals surface area contributed by atoms with E-state index in [0.29, 0.717) is 26.7 Å². The Morgan fingerprint density at radius 2 is 2.17 bits per heavy atom. The lowest BCUT2D eigenvalue weighted by molar-refractivity contribution is 0.0975. The largest absolute Gasteiger partial charge is 0.390 e. The molecule has 2 aliphatic heterocycles. The molecular weight excluding hydrogens is 422 g/mol. The Bertz CT molecular complexity index is 988. The number of piperidine rings is 1. The van der Waals surface area contributed by atoms with E-state index < -0.39 is 0 Å². The van der Waals surface area contributed by atoms with Crippen LogP contribution in [-0.2, 0) is 11.3 Å². The third-order valence-corrected chi connectivity index (χ3v) is 7.55. The van der Waals surface area contributed by atoms with Gasteiger partial charge in [-0.3, -0.25) is 0 Å². The molecule has 0 aliphatic carbocycles. The number of hydrogen-bond acceptors (Lipinski definition) is 8. The highest BCUT2D eigenvalue weighted by atomic mass is 35.5. The van der Waals surface area contributed by atoms with Crippen molar-refractivity contribution >= 4 is 29.2 Å². The molecule has 158 valence electrons. The fraction of sp³-hybridized carbons (Fsp3) is 0.524. The number of aliphatic hydroxyl groups is 1. The summed E-state index contributed by atoms with van der Waals surface area (Å²) in [5.41, 5.74) is 1.78. The highest BCUT2D eigenvalue weighted by molar-refractivity contribution is 7.99. The maximum Gasteiger partial charge on any atom is 0.160 e. The number of anilines is 1. The molecule has 2 aliphatic rings. The maximum atomic E-state index is 9.97. The summed E-state index contributed by atoms with van der Waals surface area (Å²) < 4.78 is 5.82. The third-order valence-electron chi connectivity index (χ3n) is 5.91. The molecule has 30 heavy (non-hydrogen) atoms. The molecule has 2 saturated heterocycles. The zero-order valence-corrected chi connectivity index (χ0v) is 18.6. The second-order valence-electron chi connectivity index (χ2n) is 8.04. The van der Waals surface area contributed by atoms with Gasteiger partial charge in [0.2, 0.25) is 0 Å². The monoisotopic (exact) mass is 445 g/mol. The Hall–Kier alpha value is -1.92. The van der Waals surface area contributed by atoms with Gasteiger partial charge in [-0.2, -0.15) is 5.26 Å². The van der Waals surface area contributed by atoms with Crippen LogP contribution in [0.5, 0.6) is 0 Å². The first kappa shape index (κ1) is 21.3. The van der Waals surface area contributed by atoms with Gasteiger partial charge in [-0.05, 0) is 44.6 Å². The van der Waals surface area contributed by atoms with Gasteiger partial charge < -0.3 is 14.7 Å². The van der Waals surface area contributed by atoms with Crippen LogP contribution < -0.4 is 4.90 Å². The third kappa shape index (κ3) is 4.12. The average molecular weight is 446 g/mol. The summed E-state index contributed by atoms with van der Waals surface area (Å²) in [6.45, 7) is 6.46. The minimum Gasteiger partial charge on any atom is -0.390 e. The molecule has 0 saturated carbocycles. The van der Waals surface area contributed by atoms with E-state index in [4.69, 9.17) is 26.6 Å². The van der Waals surface area contributed by atoms with E-state index in [1.165, 1.54) is 11.8 Å². The van der Waals surface area contributed by atoms with Gasteiger partial charge in [-0.1, -0.05) is 23.4 Å². The predicted molar refractivity (Wildman–Crippen MR) is 115 cm³/mol. The molecular formula is C21H24ClN5O2S. The Morgan fingerprint density at radius 3 is 2.80 bits per heavy atom. The SMILES string of the molecule is Cc1nc(N2CCC3(CC2)CO[C@@H](C)C3)c(CO)nc1Sc1ccnc(C#N)c1Cl. The molecule has 2 aromatic rings. The van der Waals surface area contributed by atoms with Crippen molar-refractivity contribution in [2.75, 3.05) is 24.6 Å². The summed E-state index contributed by atoms with van der Waals surface area (Å²) in [4.78, 5) is 16.4. The molecule has 2 aromatic heterocycles. The summed E-state index contributed by atoms with van der Waals surface area (Å²) in [6, 6.07) is 3.73. The van der Waals surface area contributed by atoms with Crippen LogP contribution in [0, 0.1) is 23.7 Å². The van der Waals surface area contributed by atoms with Crippen LogP contribution in [0.1, 0.15) is 43.3 Å². The van der Waals surface area contributed by atoms with Crippen molar-refractivity contribution in [3.63, 3.8) is 0 Å². The highest BCUT2D eigenvalue weighted by Gasteiger charge is 2.41. The molecule has 1 spiro atoms. The average Bonchev–Trinajstić information content (AvgIpc) is 3.11. The van der Waals surface area contributed by atoms with E-state index in [-0.39, 0.29) is 17.7 Å². The molecule has 4 heterocycles. The molecule has 0 radical (unpaired) electrons. The van der Waals surface area contributed by atoms with Crippen molar-refractivity contribution in [1.29, 1.82) is 5.26 Å². The van der Waals surface area contributed by atoms with Crippen molar-refractivity contribution in [2.24, 2.45) is 5.41 Å².